The highest BCUT2D eigenvalue weighted by Crippen LogP contribution is 2.34. The van der Waals surface area contributed by atoms with Crippen LogP contribution in [0.25, 0.3) is 0 Å². The first-order valence-electron chi connectivity index (χ1n) is 10.00. The van der Waals surface area contributed by atoms with E-state index in [-0.39, 0.29) is 12.0 Å². The molecule has 2 aromatic rings. The predicted octanol–water partition coefficient (Wildman–Crippen LogP) is 3.79. The van der Waals surface area contributed by atoms with Crippen molar-refractivity contribution in [1.29, 1.82) is 0 Å². The Bertz CT molecular complexity index is 754. The lowest BCUT2D eigenvalue weighted by Gasteiger charge is -2.26. The number of pyridine rings is 1. The lowest BCUT2D eigenvalue weighted by atomic mass is 9.86. The van der Waals surface area contributed by atoms with Gasteiger partial charge in [0.05, 0.1) is 12.8 Å². The van der Waals surface area contributed by atoms with Crippen molar-refractivity contribution in [3.8, 4) is 11.5 Å². The van der Waals surface area contributed by atoms with Crippen LogP contribution < -0.4 is 9.47 Å². The van der Waals surface area contributed by atoms with Crippen molar-refractivity contribution in [2.75, 3.05) is 20.3 Å². The Hall–Kier alpha value is -2.11. The van der Waals surface area contributed by atoms with E-state index in [0.29, 0.717) is 12.6 Å². The molecule has 1 heterocycles. The SMILES string of the molecule is COc1ccc(OCC(O)CN(Cc2ccccn2)C2CC2)c(C(C)(C)C)c1. The topological polar surface area (TPSA) is 54.8 Å². The Balaban J connectivity index is 1.61. The van der Waals surface area contributed by atoms with E-state index in [1.807, 2.05) is 42.6 Å². The largest absolute Gasteiger partial charge is 0.497 e. The van der Waals surface area contributed by atoms with E-state index >= 15 is 0 Å². The Kier molecular flexibility index (Phi) is 6.57. The van der Waals surface area contributed by atoms with Crippen molar-refractivity contribution in [2.45, 2.75) is 57.7 Å². The molecular formula is C23H32N2O3. The first-order valence-corrected chi connectivity index (χ1v) is 10.00. The molecule has 5 heteroatoms. The predicted molar refractivity (Wildman–Crippen MR) is 111 cm³/mol. The van der Waals surface area contributed by atoms with Crippen molar-refractivity contribution in [3.63, 3.8) is 0 Å². The maximum Gasteiger partial charge on any atom is 0.123 e. The van der Waals surface area contributed by atoms with Crippen LogP contribution in [0.1, 0.15) is 44.9 Å². The summed E-state index contributed by atoms with van der Waals surface area (Å²) in [5.41, 5.74) is 2.03. The molecule has 1 saturated carbocycles. The van der Waals surface area contributed by atoms with Crippen molar-refractivity contribution < 1.29 is 14.6 Å². The minimum atomic E-state index is -0.556. The van der Waals surface area contributed by atoms with Gasteiger partial charge < -0.3 is 14.6 Å². The molecule has 0 aliphatic heterocycles. The highest BCUT2D eigenvalue weighted by atomic mass is 16.5. The van der Waals surface area contributed by atoms with Crippen molar-refractivity contribution >= 4 is 0 Å². The summed E-state index contributed by atoms with van der Waals surface area (Å²) in [5.74, 6) is 1.61. The van der Waals surface area contributed by atoms with Gasteiger partial charge in [0.1, 0.15) is 24.2 Å². The van der Waals surface area contributed by atoms with E-state index in [9.17, 15) is 5.11 Å². The molecule has 5 nitrogen and oxygen atoms in total. The quantitative estimate of drug-likeness (QED) is 0.713. The lowest BCUT2D eigenvalue weighted by Crippen LogP contribution is -2.37. The molecular weight excluding hydrogens is 352 g/mol. The molecule has 1 aliphatic rings. The third-order valence-electron chi connectivity index (χ3n) is 5.03. The molecule has 0 bridgehead atoms. The second-order valence-corrected chi connectivity index (χ2v) is 8.56. The van der Waals surface area contributed by atoms with Gasteiger partial charge >= 0.3 is 0 Å². The first kappa shape index (κ1) is 20.6. The Morgan fingerprint density at radius 3 is 2.61 bits per heavy atom. The second-order valence-electron chi connectivity index (χ2n) is 8.56. The summed E-state index contributed by atoms with van der Waals surface area (Å²) >= 11 is 0. The first-order chi connectivity index (χ1) is 13.4. The minimum absolute atomic E-state index is 0.0755. The normalized spacial score (nSPS) is 15.5. The van der Waals surface area contributed by atoms with Gasteiger partial charge in [0.25, 0.3) is 0 Å². The summed E-state index contributed by atoms with van der Waals surface area (Å²) in [6.07, 6.45) is 3.64. The zero-order valence-electron chi connectivity index (χ0n) is 17.4. The van der Waals surface area contributed by atoms with Crippen LogP contribution in [0.3, 0.4) is 0 Å². The van der Waals surface area contributed by atoms with E-state index in [2.05, 4.69) is 30.7 Å². The van der Waals surface area contributed by atoms with Gasteiger partial charge in [-0.3, -0.25) is 9.88 Å². The van der Waals surface area contributed by atoms with Crippen LogP contribution in [0.4, 0.5) is 0 Å². The molecule has 152 valence electrons. The zero-order chi connectivity index (χ0) is 20.1. The number of aliphatic hydroxyl groups is 1. The molecule has 0 spiro atoms. The van der Waals surface area contributed by atoms with Gasteiger partial charge in [-0.1, -0.05) is 26.8 Å². The van der Waals surface area contributed by atoms with Crippen LogP contribution in [0.15, 0.2) is 42.6 Å². The van der Waals surface area contributed by atoms with Crippen LogP contribution in [0.5, 0.6) is 11.5 Å². The molecule has 1 N–H and O–H groups in total. The van der Waals surface area contributed by atoms with Gasteiger partial charge in [-0.2, -0.15) is 0 Å². The van der Waals surface area contributed by atoms with Gasteiger partial charge in [0, 0.05) is 30.9 Å². The molecule has 0 radical (unpaired) electrons. The van der Waals surface area contributed by atoms with Crippen LogP contribution in [0.2, 0.25) is 0 Å². The highest BCUT2D eigenvalue weighted by molar-refractivity contribution is 5.44. The fourth-order valence-corrected chi connectivity index (χ4v) is 3.34. The number of methoxy groups -OCH3 is 1. The second kappa shape index (κ2) is 8.93. The van der Waals surface area contributed by atoms with Crippen molar-refractivity contribution in [2.24, 2.45) is 0 Å². The average molecular weight is 385 g/mol. The number of ether oxygens (including phenoxy) is 2. The van der Waals surface area contributed by atoms with E-state index in [4.69, 9.17) is 9.47 Å². The number of aliphatic hydroxyl groups excluding tert-OH is 1. The third kappa shape index (κ3) is 5.69. The Morgan fingerprint density at radius 2 is 2.00 bits per heavy atom. The fourth-order valence-electron chi connectivity index (χ4n) is 3.34. The smallest absolute Gasteiger partial charge is 0.123 e. The van der Waals surface area contributed by atoms with E-state index in [0.717, 1.165) is 29.3 Å². The summed E-state index contributed by atoms with van der Waals surface area (Å²) in [5, 5.41) is 10.6. The highest BCUT2D eigenvalue weighted by Gasteiger charge is 2.30. The van der Waals surface area contributed by atoms with E-state index < -0.39 is 6.10 Å². The minimum Gasteiger partial charge on any atom is -0.497 e. The van der Waals surface area contributed by atoms with E-state index in [1.54, 1.807) is 7.11 Å². The number of rotatable bonds is 9. The summed E-state index contributed by atoms with van der Waals surface area (Å²) in [7, 11) is 1.67. The Morgan fingerprint density at radius 1 is 1.21 bits per heavy atom. The average Bonchev–Trinajstić information content (AvgIpc) is 3.51. The van der Waals surface area contributed by atoms with Crippen LogP contribution in [-0.2, 0) is 12.0 Å². The number of hydrogen-bond donors (Lipinski definition) is 1. The maximum atomic E-state index is 10.6. The van der Waals surface area contributed by atoms with Crippen LogP contribution >= 0.6 is 0 Å². The van der Waals surface area contributed by atoms with Gasteiger partial charge in [-0.15, -0.1) is 0 Å². The van der Waals surface area contributed by atoms with Gasteiger partial charge in [-0.05, 0) is 48.6 Å². The van der Waals surface area contributed by atoms with Crippen LogP contribution in [-0.4, -0.2) is 47.4 Å². The monoisotopic (exact) mass is 384 g/mol. The molecule has 1 atom stereocenters. The van der Waals surface area contributed by atoms with Crippen molar-refractivity contribution in [1.82, 2.24) is 9.88 Å². The number of aromatic nitrogens is 1. The Labute approximate surface area is 168 Å². The standard InChI is InChI=1S/C23H32N2O3/c1-23(2,3)21-13-20(27-4)10-11-22(21)28-16-19(26)15-25(18-8-9-18)14-17-7-5-6-12-24-17/h5-7,10-13,18-19,26H,8-9,14-16H2,1-4H3. The molecule has 0 saturated heterocycles. The van der Waals surface area contributed by atoms with Crippen molar-refractivity contribution in [3.05, 3.63) is 53.9 Å². The molecule has 1 fully saturated rings. The molecule has 1 aromatic heterocycles. The van der Waals surface area contributed by atoms with Gasteiger partial charge in [0.2, 0.25) is 0 Å². The zero-order valence-corrected chi connectivity index (χ0v) is 17.4. The third-order valence-corrected chi connectivity index (χ3v) is 5.03. The number of benzene rings is 1. The summed E-state index contributed by atoms with van der Waals surface area (Å²) in [4.78, 5) is 6.73. The van der Waals surface area contributed by atoms with E-state index in [1.165, 1.54) is 12.8 Å². The lowest BCUT2D eigenvalue weighted by molar-refractivity contribution is 0.0615. The van der Waals surface area contributed by atoms with Crippen LogP contribution in [0, 0.1) is 0 Å². The molecule has 3 rings (SSSR count). The maximum absolute atomic E-state index is 10.6. The molecule has 1 aromatic carbocycles. The number of hydrogen-bond acceptors (Lipinski definition) is 5. The molecule has 28 heavy (non-hydrogen) atoms. The van der Waals surface area contributed by atoms with Gasteiger partial charge in [0.15, 0.2) is 0 Å². The molecule has 0 amide bonds. The summed E-state index contributed by atoms with van der Waals surface area (Å²) in [6.45, 7) is 8.05. The molecule has 1 aliphatic carbocycles. The van der Waals surface area contributed by atoms with Gasteiger partial charge in [-0.25, -0.2) is 0 Å². The summed E-state index contributed by atoms with van der Waals surface area (Å²) < 4.78 is 11.4. The summed E-state index contributed by atoms with van der Waals surface area (Å²) in [6, 6.07) is 12.3. The molecule has 1 unspecified atom stereocenters. The fraction of sp³-hybridized carbons (Fsp3) is 0.522. The number of nitrogens with zero attached hydrogens (tertiary/aromatic N) is 2.